The van der Waals surface area contributed by atoms with E-state index in [0.717, 1.165) is 0 Å². The maximum atomic E-state index is 9.19. The van der Waals surface area contributed by atoms with Gasteiger partial charge >= 0.3 is 0 Å². The van der Waals surface area contributed by atoms with Crippen LogP contribution in [0.4, 0.5) is 0 Å². The van der Waals surface area contributed by atoms with E-state index >= 15 is 0 Å². The first kappa shape index (κ1) is 14.8. The van der Waals surface area contributed by atoms with E-state index in [-0.39, 0.29) is 0 Å². The number of nitrogens with one attached hydrogen (secondary N) is 2. The van der Waals surface area contributed by atoms with Gasteiger partial charge in [-0.2, -0.15) is 8.42 Å². The highest BCUT2D eigenvalue weighted by Crippen LogP contribution is 2.17. The van der Waals surface area contributed by atoms with E-state index in [1.54, 1.807) is 0 Å². The van der Waals surface area contributed by atoms with Crippen LogP contribution in [0.3, 0.4) is 0 Å². The van der Waals surface area contributed by atoms with Crippen LogP contribution in [0.15, 0.2) is 0 Å². The second kappa shape index (κ2) is 7.16. The average Bonchev–Trinajstić information content (AvgIpc) is 2.15. The summed E-state index contributed by atoms with van der Waals surface area (Å²) in [6.07, 6.45) is 6.17. The summed E-state index contributed by atoms with van der Waals surface area (Å²) in [5, 5.41) is 6.68. The number of likely N-dealkylation sites (N-methyl/N-ethyl adjacent to an activating group) is 2. The van der Waals surface area contributed by atoms with Gasteiger partial charge in [0, 0.05) is 12.1 Å². The minimum Gasteiger partial charge on any atom is -0.315 e. The molecule has 0 aromatic rings. The Morgan fingerprint density at radius 1 is 1.07 bits per heavy atom. The fourth-order valence-electron chi connectivity index (χ4n) is 1.82. The molecule has 2 atom stereocenters. The Labute approximate surface area is 92.4 Å². The molecular formula is C9H22N2O3S. The molecule has 0 saturated heterocycles. The van der Waals surface area contributed by atoms with Crippen LogP contribution in [-0.2, 0) is 10.1 Å². The smallest absolute Gasteiger partial charge is 0.261 e. The van der Waals surface area contributed by atoms with Gasteiger partial charge in [-0.25, -0.2) is 0 Å². The molecule has 5 nitrogen and oxygen atoms in total. The first-order chi connectivity index (χ1) is 6.88. The third-order valence-electron chi connectivity index (χ3n) is 2.51. The summed E-state index contributed by atoms with van der Waals surface area (Å²) in [6.45, 7) is 0. The van der Waals surface area contributed by atoms with Crippen LogP contribution < -0.4 is 10.6 Å². The molecule has 0 aromatic carbocycles. The van der Waals surface area contributed by atoms with Crippen molar-refractivity contribution in [3.63, 3.8) is 0 Å². The lowest BCUT2D eigenvalue weighted by Gasteiger charge is -2.30. The number of hydrogen-bond acceptors (Lipinski definition) is 4. The first-order valence-corrected chi connectivity index (χ1v) is 7.00. The lowest BCUT2D eigenvalue weighted by molar-refractivity contribution is 0.309. The van der Waals surface area contributed by atoms with Crippen LogP contribution in [0, 0.1) is 0 Å². The molecule has 0 heterocycles. The molecule has 0 aromatic heterocycles. The predicted octanol–water partition coefficient (Wildman–Crippen LogP) is 0.240. The van der Waals surface area contributed by atoms with Gasteiger partial charge in [-0.05, 0) is 26.9 Å². The minimum atomic E-state index is -3.67. The normalized spacial score (nSPS) is 26.7. The molecule has 0 radical (unpaired) electrons. The summed E-state index contributed by atoms with van der Waals surface area (Å²) < 4.78 is 25.9. The summed E-state index contributed by atoms with van der Waals surface area (Å²) in [7, 11) is 0.445. The molecule has 6 heteroatoms. The van der Waals surface area contributed by atoms with Crippen molar-refractivity contribution in [1.82, 2.24) is 10.6 Å². The number of rotatable bonds is 2. The van der Waals surface area contributed by atoms with Crippen LogP contribution in [0.2, 0.25) is 0 Å². The van der Waals surface area contributed by atoms with Gasteiger partial charge in [0.2, 0.25) is 0 Å². The molecule has 1 aliphatic rings. The molecule has 0 amide bonds. The maximum absolute atomic E-state index is 9.19. The standard InChI is InChI=1S/C8H18N2.CH4O3S/c1-9-7-5-3-4-6-8(7)10-2;1-5(2,3)4/h7-10H,3-6H2,1-2H3;1H3,(H,2,3,4). The fourth-order valence-corrected chi connectivity index (χ4v) is 1.82. The Hall–Kier alpha value is -0.170. The molecule has 1 saturated carbocycles. The van der Waals surface area contributed by atoms with E-state index in [4.69, 9.17) is 4.55 Å². The van der Waals surface area contributed by atoms with Crippen molar-refractivity contribution in [2.45, 2.75) is 37.8 Å². The van der Waals surface area contributed by atoms with E-state index < -0.39 is 10.1 Å². The van der Waals surface area contributed by atoms with Gasteiger partial charge in [0.1, 0.15) is 0 Å². The zero-order valence-electron chi connectivity index (χ0n) is 9.66. The summed E-state index contributed by atoms with van der Waals surface area (Å²) in [4.78, 5) is 0. The van der Waals surface area contributed by atoms with Crippen molar-refractivity contribution in [3.8, 4) is 0 Å². The molecule has 3 N–H and O–H groups in total. The quantitative estimate of drug-likeness (QED) is 0.601. The van der Waals surface area contributed by atoms with E-state index in [2.05, 4.69) is 24.7 Å². The Bertz CT molecular complexity index is 234. The summed E-state index contributed by atoms with van der Waals surface area (Å²) in [5.41, 5.74) is 0. The second-order valence-electron chi connectivity index (χ2n) is 3.81. The van der Waals surface area contributed by atoms with Gasteiger partial charge < -0.3 is 10.6 Å². The van der Waals surface area contributed by atoms with Crippen molar-refractivity contribution in [2.24, 2.45) is 0 Å². The maximum Gasteiger partial charge on any atom is 0.261 e. The molecule has 1 rings (SSSR count). The van der Waals surface area contributed by atoms with Gasteiger partial charge in [-0.1, -0.05) is 12.8 Å². The monoisotopic (exact) mass is 238 g/mol. The van der Waals surface area contributed by atoms with Crippen molar-refractivity contribution in [3.05, 3.63) is 0 Å². The lowest BCUT2D eigenvalue weighted by atomic mass is 9.91. The van der Waals surface area contributed by atoms with E-state index in [1.165, 1.54) is 25.7 Å². The Balaban J connectivity index is 0.000000336. The number of hydrogen-bond donors (Lipinski definition) is 3. The molecule has 2 unspecified atom stereocenters. The Morgan fingerprint density at radius 2 is 1.33 bits per heavy atom. The minimum absolute atomic E-state index is 0.707. The lowest BCUT2D eigenvalue weighted by Crippen LogP contribution is -2.47. The molecule has 0 aliphatic heterocycles. The highest BCUT2D eigenvalue weighted by Gasteiger charge is 2.21. The second-order valence-corrected chi connectivity index (χ2v) is 5.27. The van der Waals surface area contributed by atoms with Gasteiger partial charge in [0.15, 0.2) is 0 Å². The zero-order chi connectivity index (χ0) is 11.9. The van der Waals surface area contributed by atoms with E-state index in [1.807, 2.05) is 0 Å². The third kappa shape index (κ3) is 8.80. The van der Waals surface area contributed by atoms with Crippen molar-refractivity contribution in [2.75, 3.05) is 20.4 Å². The highest BCUT2D eigenvalue weighted by molar-refractivity contribution is 7.85. The van der Waals surface area contributed by atoms with Crippen LogP contribution in [0.25, 0.3) is 0 Å². The van der Waals surface area contributed by atoms with Crippen molar-refractivity contribution in [1.29, 1.82) is 0 Å². The Kier molecular flexibility index (Phi) is 7.08. The SMILES string of the molecule is CNC1CCCCC1NC.CS(=O)(=O)O. The van der Waals surface area contributed by atoms with Gasteiger partial charge in [-0.3, -0.25) is 4.55 Å². The summed E-state index contributed by atoms with van der Waals surface area (Å²) >= 11 is 0. The highest BCUT2D eigenvalue weighted by atomic mass is 32.2. The molecule has 0 bridgehead atoms. The Morgan fingerprint density at radius 3 is 1.53 bits per heavy atom. The topological polar surface area (TPSA) is 78.4 Å². The average molecular weight is 238 g/mol. The first-order valence-electron chi connectivity index (χ1n) is 5.15. The van der Waals surface area contributed by atoms with Gasteiger partial charge in [0.25, 0.3) is 10.1 Å². The van der Waals surface area contributed by atoms with Gasteiger partial charge in [-0.15, -0.1) is 0 Å². The summed E-state index contributed by atoms with van der Waals surface area (Å²) in [6, 6.07) is 1.41. The molecule has 0 spiro atoms. The largest absolute Gasteiger partial charge is 0.315 e. The fraction of sp³-hybridized carbons (Fsp3) is 1.00. The predicted molar refractivity (Wildman–Crippen MR) is 61.6 cm³/mol. The van der Waals surface area contributed by atoms with Crippen molar-refractivity contribution < 1.29 is 13.0 Å². The molecule has 15 heavy (non-hydrogen) atoms. The van der Waals surface area contributed by atoms with Crippen LogP contribution in [0.5, 0.6) is 0 Å². The molecular weight excluding hydrogens is 216 g/mol. The summed E-state index contributed by atoms with van der Waals surface area (Å²) in [5.74, 6) is 0. The van der Waals surface area contributed by atoms with E-state index in [9.17, 15) is 8.42 Å². The van der Waals surface area contributed by atoms with Crippen LogP contribution in [0.1, 0.15) is 25.7 Å². The van der Waals surface area contributed by atoms with E-state index in [0.29, 0.717) is 18.3 Å². The van der Waals surface area contributed by atoms with Crippen LogP contribution >= 0.6 is 0 Å². The van der Waals surface area contributed by atoms with Crippen molar-refractivity contribution >= 4 is 10.1 Å². The molecule has 1 aliphatic carbocycles. The zero-order valence-corrected chi connectivity index (χ0v) is 10.5. The third-order valence-corrected chi connectivity index (χ3v) is 2.51. The van der Waals surface area contributed by atoms with Gasteiger partial charge in [0.05, 0.1) is 6.26 Å². The van der Waals surface area contributed by atoms with Crippen LogP contribution in [-0.4, -0.2) is 45.4 Å². The molecule has 1 fully saturated rings. The molecule has 92 valence electrons.